The molecule has 0 bridgehead atoms. The largest absolute Gasteiger partial charge is 0.378 e. The van der Waals surface area contributed by atoms with E-state index >= 15 is 0 Å². The molecule has 0 spiro atoms. The van der Waals surface area contributed by atoms with E-state index in [1.807, 2.05) is 18.5 Å². The van der Waals surface area contributed by atoms with Gasteiger partial charge in [-0.2, -0.15) is 0 Å². The molecular formula is C23H38IN7O. The summed E-state index contributed by atoms with van der Waals surface area (Å²) in [6.45, 7) is 9.10. The number of aromatic nitrogens is 3. The Hall–Kier alpha value is -1.88. The fourth-order valence-corrected chi connectivity index (χ4v) is 3.80. The Morgan fingerprint density at radius 1 is 1.22 bits per heavy atom. The summed E-state index contributed by atoms with van der Waals surface area (Å²) in [5.41, 5.74) is 1.24. The second-order valence-corrected chi connectivity index (χ2v) is 8.04. The van der Waals surface area contributed by atoms with Crippen LogP contribution in [0.4, 0.5) is 5.69 Å². The van der Waals surface area contributed by atoms with E-state index in [9.17, 15) is 0 Å². The molecule has 0 radical (unpaired) electrons. The molecule has 0 saturated carbocycles. The van der Waals surface area contributed by atoms with Crippen molar-refractivity contribution in [2.24, 2.45) is 12.0 Å². The van der Waals surface area contributed by atoms with Crippen LogP contribution in [0.3, 0.4) is 0 Å². The number of nitrogens with one attached hydrogen (secondary N) is 1. The maximum Gasteiger partial charge on any atom is 0.194 e. The molecule has 3 rings (SSSR count). The van der Waals surface area contributed by atoms with E-state index in [2.05, 4.69) is 69.6 Å². The van der Waals surface area contributed by atoms with Crippen LogP contribution in [0.1, 0.15) is 37.8 Å². The highest BCUT2D eigenvalue weighted by molar-refractivity contribution is 14.0. The predicted octanol–water partition coefficient (Wildman–Crippen LogP) is 3.21. The van der Waals surface area contributed by atoms with Crippen LogP contribution < -0.4 is 10.2 Å². The topological polar surface area (TPSA) is 70.8 Å². The summed E-state index contributed by atoms with van der Waals surface area (Å²) >= 11 is 0. The summed E-state index contributed by atoms with van der Waals surface area (Å²) in [6, 6.07) is 10.5. The monoisotopic (exact) mass is 555 g/mol. The normalized spacial score (nSPS) is 14.9. The lowest BCUT2D eigenvalue weighted by Crippen LogP contribution is -2.47. The molecular weight excluding hydrogens is 517 g/mol. The van der Waals surface area contributed by atoms with Gasteiger partial charge in [0.1, 0.15) is 12.4 Å². The van der Waals surface area contributed by atoms with Gasteiger partial charge in [-0.25, -0.2) is 4.99 Å². The molecule has 8 nitrogen and oxygen atoms in total. The third-order valence-electron chi connectivity index (χ3n) is 5.85. The van der Waals surface area contributed by atoms with Gasteiger partial charge >= 0.3 is 0 Å². The Morgan fingerprint density at radius 3 is 2.56 bits per heavy atom. The number of halogens is 1. The SMILES string of the molecule is CCOC1CCN(C(=NCc2nnc(C)n2C)NCCCN(C)c2ccccc2)CC1.I. The van der Waals surface area contributed by atoms with Crippen LogP contribution in [-0.2, 0) is 18.3 Å². The number of hydrogen-bond donors (Lipinski definition) is 1. The quantitative estimate of drug-likeness (QED) is 0.222. The molecule has 1 aliphatic heterocycles. The minimum absolute atomic E-state index is 0. The first-order valence-corrected chi connectivity index (χ1v) is 11.3. The van der Waals surface area contributed by atoms with Crippen molar-refractivity contribution in [1.29, 1.82) is 0 Å². The lowest BCUT2D eigenvalue weighted by atomic mass is 10.1. The fraction of sp³-hybridized carbons (Fsp3) is 0.609. The highest BCUT2D eigenvalue weighted by Gasteiger charge is 2.22. The van der Waals surface area contributed by atoms with Crippen molar-refractivity contribution in [2.45, 2.75) is 45.8 Å². The van der Waals surface area contributed by atoms with Crippen molar-refractivity contribution < 1.29 is 4.74 Å². The first-order chi connectivity index (χ1) is 15.1. The lowest BCUT2D eigenvalue weighted by Gasteiger charge is -2.34. The molecule has 32 heavy (non-hydrogen) atoms. The van der Waals surface area contributed by atoms with E-state index in [1.165, 1.54) is 5.69 Å². The molecule has 1 aromatic heterocycles. The minimum atomic E-state index is 0. The average Bonchev–Trinajstić information content (AvgIpc) is 3.12. The molecule has 1 aromatic carbocycles. The van der Waals surface area contributed by atoms with Gasteiger partial charge in [0.25, 0.3) is 0 Å². The summed E-state index contributed by atoms with van der Waals surface area (Å²) in [5.74, 6) is 2.74. The zero-order valence-corrected chi connectivity index (χ0v) is 22.2. The zero-order valence-electron chi connectivity index (χ0n) is 19.8. The number of hydrogen-bond acceptors (Lipinski definition) is 5. The molecule has 0 amide bonds. The van der Waals surface area contributed by atoms with E-state index in [-0.39, 0.29) is 24.0 Å². The maximum atomic E-state index is 5.81. The predicted molar refractivity (Wildman–Crippen MR) is 141 cm³/mol. The first-order valence-electron chi connectivity index (χ1n) is 11.3. The minimum Gasteiger partial charge on any atom is -0.378 e. The first kappa shape index (κ1) is 26.4. The Morgan fingerprint density at radius 2 is 1.94 bits per heavy atom. The third-order valence-corrected chi connectivity index (χ3v) is 5.85. The molecule has 178 valence electrons. The standard InChI is InChI=1S/C23H37N7O.HI/c1-5-31-21-12-16-30(17-13-21)23(25-18-22-27-26-19(2)29(22)4)24-14-9-15-28(3)20-10-7-6-8-11-20;/h6-8,10-11,21H,5,9,12-18H2,1-4H3,(H,24,25);1H. The number of guanidine groups is 1. The summed E-state index contributed by atoms with van der Waals surface area (Å²) in [6.07, 6.45) is 3.47. The van der Waals surface area contributed by atoms with Crippen LogP contribution in [0.15, 0.2) is 35.3 Å². The van der Waals surface area contributed by atoms with E-state index in [0.29, 0.717) is 12.6 Å². The summed E-state index contributed by atoms with van der Waals surface area (Å²) in [5, 5.41) is 12.0. The molecule has 0 atom stereocenters. The number of aryl methyl sites for hydroxylation is 1. The third kappa shape index (κ3) is 7.61. The summed E-state index contributed by atoms with van der Waals surface area (Å²) < 4.78 is 7.81. The van der Waals surface area contributed by atoms with Gasteiger partial charge < -0.3 is 24.4 Å². The Bertz CT molecular complexity index is 819. The van der Waals surface area contributed by atoms with E-state index in [1.54, 1.807) is 0 Å². The molecule has 1 aliphatic rings. The Balaban J connectivity index is 0.00000363. The van der Waals surface area contributed by atoms with Crippen molar-refractivity contribution in [3.63, 3.8) is 0 Å². The average molecular weight is 556 g/mol. The maximum absolute atomic E-state index is 5.81. The number of anilines is 1. The number of ether oxygens (including phenoxy) is 1. The highest BCUT2D eigenvalue weighted by atomic mass is 127. The van der Waals surface area contributed by atoms with Crippen molar-refractivity contribution in [3.8, 4) is 0 Å². The second-order valence-electron chi connectivity index (χ2n) is 8.04. The molecule has 2 heterocycles. The van der Waals surface area contributed by atoms with Crippen LogP contribution in [0.2, 0.25) is 0 Å². The molecule has 1 saturated heterocycles. The lowest BCUT2D eigenvalue weighted by molar-refractivity contribution is 0.0263. The van der Waals surface area contributed by atoms with Crippen molar-refractivity contribution >= 4 is 35.6 Å². The number of piperidine rings is 1. The zero-order chi connectivity index (χ0) is 22.1. The van der Waals surface area contributed by atoms with Gasteiger partial charge in [0.2, 0.25) is 0 Å². The number of nitrogens with zero attached hydrogens (tertiary/aromatic N) is 6. The van der Waals surface area contributed by atoms with Crippen LogP contribution in [0.5, 0.6) is 0 Å². The van der Waals surface area contributed by atoms with Gasteiger partial charge in [0, 0.05) is 52.6 Å². The Kier molecular flexibility index (Phi) is 11.2. The number of para-hydroxylation sites is 1. The second kappa shape index (κ2) is 13.6. The smallest absolute Gasteiger partial charge is 0.194 e. The van der Waals surface area contributed by atoms with Crippen LogP contribution in [0.25, 0.3) is 0 Å². The van der Waals surface area contributed by atoms with Gasteiger partial charge in [-0.1, -0.05) is 18.2 Å². The summed E-state index contributed by atoms with van der Waals surface area (Å²) in [4.78, 5) is 9.52. The van der Waals surface area contributed by atoms with Gasteiger partial charge in [-0.15, -0.1) is 34.2 Å². The van der Waals surface area contributed by atoms with Crippen LogP contribution in [-0.4, -0.2) is 71.6 Å². The molecule has 9 heteroatoms. The molecule has 0 aliphatic carbocycles. The summed E-state index contributed by atoms with van der Waals surface area (Å²) in [7, 11) is 4.12. The fourth-order valence-electron chi connectivity index (χ4n) is 3.80. The van der Waals surface area contributed by atoms with E-state index in [0.717, 1.165) is 69.7 Å². The van der Waals surface area contributed by atoms with Crippen molar-refractivity contribution in [2.75, 3.05) is 44.7 Å². The van der Waals surface area contributed by atoms with Crippen molar-refractivity contribution in [3.05, 3.63) is 42.0 Å². The van der Waals surface area contributed by atoms with E-state index in [4.69, 9.17) is 9.73 Å². The van der Waals surface area contributed by atoms with Gasteiger partial charge in [0.05, 0.1) is 6.10 Å². The number of rotatable bonds is 9. The molecule has 0 unspecified atom stereocenters. The van der Waals surface area contributed by atoms with Gasteiger partial charge in [-0.3, -0.25) is 0 Å². The van der Waals surface area contributed by atoms with Gasteiger partial charge in [0.15, 0.2) is 11.8 Å². The number of likely N-dealkylation sites (tertiary alicyclic amines) is 1. The molecule has 1 fully saturated rings. The highest BCUT2D eigenvalue weighted by Crippen LogP contribution is 2.14. The van der Waals surface area contributed by atoms with Crippen LogP contribution >= 0.6 is 24.0 Å². The van der Waals surface area contributed by atoms with Crippen LogP contribution in [0, 0.1) is 6.92 Å². The molecule has 2 aromatic rings. The Labute approximate surface area is 209 Å². The van der Waals surface area contributed by atoms with Crippen molar-refractivity contribution in [1.82, 2.24) is 25.0 Å². The van der Waals surface area contributed by atoms with Gasteiger partial charge in [-0.05, 0) is 45.2 Å². The number of benzene rings is 1. The number of aliphatic imine (C=N–C) groups is 1. The molecule has 1 N–H and O–H groups in total. The van der Waals surface area contributed by atoms with E-state index < -0.39 is 0 Å².